The molecule has 0 aromatic heterocycles. The molecule has 2 rings (SSSR count). The zero-order chi connectivity index (χ0) is 8.39. The average molecular weight is 186 g/mol. The van der Waals surface area contributed by atoms with Crippen molar-refractivity contribution in [1.29, 1.82) is 0 Å². The Labute approximate surface area is 79.9 Å². The first-order valence-corrected chi connectivity index (χ1v) is 5.61. The summed E-state index contributed by atoms with van der Waals surface area (Å²) >= 11 is 4.34. The molecule has 0 aromatic rings. The Bertz CT molecular complexity index is 137. The molecule has 12 heavy (non-hydrogen) atoms. The fraction of sp³-hybridized carbons (Fsp3) is 1.00. The van der Waals surface area contributed by atoms with Gasteiger partial charge in [0.05, 0.1) is 0 Å². The average Bonchev–Trinajstić information content (AvgIpc) is 2.46. The van der Waals surface area contributed by atoms with E-state index in [1.807, 2.05) is 0 Å². The molecule has 0 bridgehead atoms. The van der Waals surface area contributed by atoms with Crippen LogP contribution in [0.15, 0.2) is 0 Å². The molecule has 0 radical (unpaired) electrons. The first kappa shape index (κ1) is 8.85. The second kappa shape index (κ2) is 3.99. The van der Waals surface area contributed by atoms with Crippen LogP contribution >= 0.6 is 12.6 Å². The van der Waals surface area contributed by atoms with Crippen molar-refractivity contribution >= 4 is 12.6 Å². The summed E-state index contributed by atoms with van der Waals surface area (Å²) in [5.74, 6) is 1.72. The Balaban J connectivity index is 1.90. The van der Waals surface area contributed by atoms with Gasteiger partial charge in [-0.3, -0.25) is 0 Å². The van der Waals surface area contributed by atoms with Gasteiger partial charge in [0.25, 0.3) is 0 Å². The van der Waals surface area contributed by atoms with Crippen molar-refractivity contribution in [2.45, 2.75) is 31.3 Å². The number of thiol groups is 1. The third-order valence-corrected chi connectivity index (χ3v) is 3.63. The van der Waals surface area contributed by atoms with Gasteiger partial charge in [0, 0.05) is 25.2 Å². The molecular formula is C9H18N2S. The maximum Gasteiger partial charge on any atom is 0.0221 e. The second-order valence-electron chi connectivity index (χ2n) is 4.01. The minimum Gasteiger partial charge on any atom is -0.312 e. The lowest BCUT2D eigenvalue weighted by atomic mass is 10.2. The lowest BCUT2D eigenvalue weighted by molar-refractivity contribution is 0.460. The lowest BCUT2D eigenvalue weighted by Gasteiger charge is -2.16. The van der Waals surface area contributed by atoms with E-state index >= 15 is 0 Å². The van der Waals surface area contributed by atoms with E-state index in [-0.39, 0.29) is 0 Å². The highest BCUT2D eigenvalue weighted by Gasteiger charge is 2.29. The van der Waals surface area contributed by atoms with Gasteiger partial charge in [0.2, 0.25) is 0 Å². The maximum absolute atomic E-state index is 4.34. The van der Waals surface area contributed by atoms with Crippen molar-refractivity contribution < 1.29 is 0 Å². The van der Waals surface area contributed by atoms with E-state index in [1.54, 1.807) is 0 Å². The second-order valence-corrected chi connectivity index (χ2v) is 4.37. The number of hydrogen-bond donors (Lipinski definition) is 3. The Morgan fingerprint density at radius 2 is 1.67 bits per heavy atom. The molecule has 0 aromatic carbocycles. The normalized spacial score (nSPS) is 42.2. The van der Waals surface area contributed by atoms with E-state index in [0.29, 0.717) is 0 Å². The molecule has 0 amide bonds. The molecule has 1 saturated carbocycles. The minimum absolute atomic E-state index is 0.721. The molecule has 1 aliphatic heterocycles. The van der Waals surface area contributed by atoms with E-state index in [0.717, 1.165) is 36.8 Å². The molecule has 1 saturated heterocycles. The number of nitrogens with one attached hydrogen (secondary N) is 2. The molecule has 3 heteroatoms. The summed E-state index contributed by atoms with van der Waals surface area (Å²) < 4.78 is 0. The number of fused-ring (bicyclic) bond motifs is 1. The Morgan fingerprint density at radius 1 is 1.08 bits per heavy atom. The fourth-order valence-electron chi connectivity index (χ4n) is 2.29. The number of hydrogen-bond acceptors (Lipinski definition) is 3. The van der Waals surface area contributed by atoms with E-state index in [9.17, 15) is 0 Å². The first-order valence-electron chi connectivity index (χ1n) is 4.98. The van der Waals surface area contributed by atoms with Crippen molar-refractivity contribution in [3.8, 4) is 0 Å². The molecule has 0 spiro atoms. The molecule has 1 aliphatic carbocycles. The smallest absolute Gasteiger partial charge is 0.0221 e. The quantitative estimate of drug-likeness (QED) is 0.524. The van der Waals surface area contributed by atoms with E-state index in [4.69, 9.17) is 0 Å². The highest BCUT2D eigenvalue weighted by molar-refractivity contribution is 7.80. The highest BCUT2D eigenvalue weighted by atomic mass is 32.1. The molecule has 70 valence electrons. The highest BCUT2D eigenvalue weighted by Crippen LogP contribution is 2.21. The van der Waals surface area contributed by atoms with E-state index in [1.165, 1.54) is 19.3 Å². The Kier molecular flexibility index (Phi) is 2.94. The van der Waals surface area contributed by atoms with Crippen molar-refractivity contribution in [1.82, 2.24) is 10.6 Å². The van der Waals surface area contributed by atoms with Gasteiger partial charge >= 0.3 is 0 Å². The maximum atomic E-state index is 4.34. The van der Waals surface area contributed by atoms with Gasteiger partial charge in [-0.25, -0.2) is 0 Å². The standard InChI is InChI=1S/C9H18N2S/c12-6-7-4-10-8-2-1-3-9(8)11-5-7/h7-12H,1-6H2/t7-,8-,9+. The minimum atomic E-state index is 0.721. The van der Waals surface area contributed by atoms with Crippen LogP contribution in [0.4, 0.5) is 0 Å². The summed E-state index contributed by atoms with van der Waals surface area (Å²) in [6, 6.07) is 1.49. The van der Waals surface area contributed by atoms with Crippen LogP contribution in [0, 0.1) is 5.92 Å². The summed E-state index contributed by atoms with van der Waals surface area (Å²) in [5.41, 5.74) is 0. The Morgan fingerprint density at radius 3 is 2.17 bits per heavy atom. The monoisotopic (exact) mass is 186 g/mol. The molecule has 3 atom stereocenters. The molecule has 2 fully saturated rings. The van der Waals surface area contributed by atoms with Crippen LogP contribution in [0.3, 0.4) is 0 Å². The molecule has 0 unspecified atom stereocenters. The predicted octanol–water partition coefficient (Wildman–Crippen LogP) is 0.646. The molecule has 1 heterocycles. The van der Waals surface area contributed by atoms with Crippen LogP contribution in [0.1, 0.15) is 19.3 Å². The van der Waals surface area contributed by atoms with Crippen LogP contribution in [-0.4, -0.2) is 30.9 Å². The summed E-state index contributed by atoms with van der Waals surface area (Å²) in [4.78, 5) is 0. The van der Waals surface area contributed by atoms with Crippen molar-refractivity contribution in [2.75, 3.05) is 18.8 Å². The SMILES string of the molecule is SC[C@H]1CN[C@H]2CCC[C@H]2NC1. The predicted molar refractivity (Wildman–Crippen MR) is 54.8 cm³/mol. The van der Waals surface area contributed by atoms with Gasteiger partial charge in [-0.15, -0.1) is 0 Å². The molecule has 2 nitrogen and oxygen atoms in total. The van der Waals surface area contributed by atoms with Crippen molar-refractivity contribution in [3.05, 3.63) is 0 Å². The summed E-state index contributed by atoms with van der Waals surface area (Å²) in [7, 11) is 0. The third-order valence-electron chi connectivity index (χ3n) is 3.11. The van der Waals surface area contributed by atoms with Crippen LogP contribution < -0.4 is 10.6 Å². The Hall–Kier alpha value is 0.270. The lowest BCUT2D eigenvalue weighted by Crippen LogP contribution is -2.40. The van der Waals surface area contributed by atoms with Crippen LogP contribution in [0.25, 0.3) is 0 Å². The zero-order valence-corrected chi connectivity index (χ0v) is 8.32. The van der Waals surface area contributed by atoms with E-state index in [2.05, 4.69) is 23.3 Å². The largest absolute Gasteiger partial charge is 0.312 e. The van der Waals surface area contributed by atoms with Crippen molar-refractivity contribution in [3.63, 3.8) is 0 Å². The van der Waals surface area contributed by atoms with Crippen LogP contribution in [0.2, 0.25) is 0 Å². The van der Waals surface area contributed by atoms with Crippen LogP contribution in [-0.2, 0) is 0 Å². The van der Waals surface area contributed by atoms with Gasteiger partial charge in [-0.05, 0) is 24.5 Å². The molecule has 2 aliphatic rings. The summed E-state index contributed by atoms with van der Waals surface area (Å²) in [5, 5.41) is 7.27. The summed E-state index contributed by atoms with van der Waals surface area (Å²) in [6.07, 6.45) is 4.11. The van der Waals surface area contributed by atoms with Gasteiger partial charge in [0.15, 0.2) is 0 Å². The van der Waals surface area contributed by atoms with Gasteiger partial charge in [-0.2, -0.15) is 12.6 Å². The van der Waals surface area contributed by atoms with Crippen molar-refractivity contribution in [2.24, 2.45) is 5.92 Å². The fourth-order valence-corrected chi connectivity index (χ4v) is 2.54. The van der Waals surface area contributed by atoms with Gasteiger partial charge in [-0.1, -0.05) is 6.42 Å². The summed E-state index contributed by atoms with van der Waals surface area (Å²) in [6.45, 7) is 2.30. The number of rotatable bonds is 1. The topological polar surface area (TPSA) is 24.1 Å². The molecule has 2 N–H and O–H groups in total. The first-order chi connectivity index (χ1) is 5.90. The van der Waals surface area contributed by atoms with E-state index < -0.39 is 0 Å². The third kappa shape index (κ3) is 1.78. The molecular weight excluding hydrogens is 168 g/mol. The van der Waals surface area contributed by atoms with Gasteiger partial charge in [0.1, 0.15) is 0 Å². The zero-order valence-electron chi connectivity index (χ0n) is 7.42. The van der Waals surface area contributed by atoms with Crippen LogP contribution in [0.5, 0.6) is 0 Å². The van der Waals surface area contributed by atoms with Gasteiger partial charge < -0.3 is 10.6 Å².